The summed E-state index contributed by atoms with van der Waals surface area (Å²) in [4.78, 5) is 12.9. The first-order valence-electron chi connectivity index (χ1n) is 4.94. The molecule has 0 spiro atoms. The van der Waals surface area contributed by atoms with Gasteiger partial charge in [-0.25, -0.2) is 4.39 Å². The lowest BCUT2D eigenvalue weighted by Crippen LogP contribution is -2.11. The fourth-order valence-corrected chi connectivity index (χ4v) is 1.59. The van der Waals surface area contributed by atoms with E-state index in [0.29, 0.717) is 0 Å². The Hall–Kier alpha value is -2.11. The molecular weight excluding hydrogens is 250 g/mol. The van der Waals surface area contributed by atoms with Crippen LogP contribution >= 0.6 is 0 Å². The van der Waals surface area contributed by atoms with Crippen LogP contribution in [0.5, 0.6) is 0 Å². The predicted octanol–water partition coefficient (Wildman–Crippen LogP) is 3.20. The fraction of sp³-hybridized carbons (Fsp3) is 0.0833. The average Bonchev–Trinajstić information content (AvgIpc) is 2.32. The number of hydrogen-bond donors (Lipinski definition) is 1. The van der Waals surface area contributed by atoms with Crippen LogP contribution in [0.25, 0.3) is 11.1 Å². The van der Waals surface area contributed by atoms with E-state index in [0.717, 1.165) is 18.3 Å². The molecule has 1 aromatic carbocycles. The Morgan fingerprint density at radius 3 is 2.39 bits per heavy atom. The van der Waals surface area contributed by atoms with Crippen molar-refractivity contribution in [3.63, 3.8) is 0 Å². The van der Waals surface area contributed by atoms with Crippen molar-refractivity contribution in [3.8, 4) is 11.1 Å². The number of halogens is 4. The number of H-pyrrole nitrogens is 1. The summed E-state index contributed by atoms with van der Waals surface area (Å²) in [5, 5.41) is 0. The number of nitrogens with one attached hydrogen (secondary N) is 1. The number of rotatable bonds is 1. The molecule has 6 heteroatoms. The number of benzene rings is 1. The fourth-order valence-electron chi connectivity index (χ4n) is 1.59. The Balaban J connectivity index is 2.64. The molecule has 94 valence electrons. The Labute approximate surface area is 98.9 Å². The van der Waals surface area contributed by atoms with Gasteiger partial charge >= 0.3 is 6.18 Å². The molecule has 0 bridgehead atoms. The van der Waals surface area contributed by atoms with Crippen molar-refractivity contribution in [1.29, 1.82) is 0 Å². The van der Waals surface area contributed by atoms with Crippen molar-refractivity contribution in [1.82, 2.24) is 4.98 Å². The zero-order valence-corrected chi connectivity index (χ0v) is 8.88. The van der Waals surface area contributed by atoms with Gasteiger partial charge in [-0.15, -0.1) is 0 Å². The lowest BCUT2D eigenvalue weighted by atomic mass is 10.0. The third-order valence-electron chi connectivity index (χ3n) is 2.40. The highest BCUT2D eigenvalue weighted by Gasteiger charge is 2.33. The molecule has 18 heavy (non-hydrogen) atoms. The van der Waals surface area contributed by atoms with E-state index >= 15 is 0 Å². The second kappa shape index (κ2) is 4.29. The Bertz CT molecular complexity index is 630. The third-order valence-corrected chi connectivity index (χ3v) is 2.40. The van der Waals surface area contributed by atoms with Crippen molar-refractivity contribution in [2.75, 3.05) is 0 Å². The van der Waals surface area contributed by atoms with Gasteiger partial charge in [0.05, 0.1) is 5.56 Å². The van der Waals surface area contributed by atoms with Crippen molar-refractivity contribution in [3.05, 3.63) is 58.3 Å². The quantitative estimate of drug-likeness (QED) is 0.782. The maximum absolute atomic E-state index is 13.1. The number of aromatic amines is 1. The molecule has 1 aromatic heterocycles. The van der Waals surface area contributed by atoms with Gasteiger partial charge in [-0.1, -0.05) is 18.2 Å². The highest BCUT2D eigenvalue weighted by molar-refractivity contribution is 5.67. The predicted molar refractivity (Wildman–Crippen MR) is 57.5 cm³/mol. The van der Waals surface area contributed by atoms with Crippen LogP contribution in [-0.4, -0.2) is 4.98 Å². The van der Waals surface area contributed by atoms with Gasteiger partial charge in [0, 0.05) is 11.8 Å². The summed E-state index contributed by atoms with van der Waals surface area (Å²) in [5.74, 6) is -1.12. The lowest BCUT2D eigenvalue weighted by molar-refractivity contribution is -0.137. The maximum atomic E-state index is 13.1. The van der Waals surface area contributed by atoms with E-state index in [1.54, 1.807) is 0 Å². The highest BCUT2D eigenvalue weighted by atomic mass is 19.4. The van der Waals surface area contributed by atoms with E-state index in [9.17, 15) is 22.4 Å². The molecule has 0 unspecified atom stereocenters. The molecule has 0 amide bonds. The van der Waals surface area contributed by atoms with E-state index < -0.39 is 23.1 Å². The summed E-state index contributed by atoms with van der Waals surface area (Å²) in [6.07, 6.45) is -3.49. The van der Waals surface area contributed by atoms with Gasteiger partial charge in [-0.05, 0) is 17.7 Å². The van der Waals surface area contributed by atoms with Gasteiger partial charge in [-0.2, -0.15) is 13.2 Å². The van der Waals surface area contributed by atoms with Gasteiger partial charge in [0.1, 0.15) is 0 Å². The van der Waals surface area contributed by atoms with Crippen LogP contribution in [-0.2, 0) is 6.18 Å². The molecular formula is C12H7F4NO. The van der Waals surface area contributed by atoms with Gasteiger partial charge in [0.15, 0.2) is 5.82 Å². The smallest absolute Gasteiger partial charge is 0.326 e. The van der Waals surface area contributed by atoms with Gasteiger partial charge in [0.2, 0.25) is 0 Å². The SMILES string of the molecule is O=c1[nH]cc(-c2ccccc2C(F)(F)F)cc1F. The molecule has 0 aliphatic heterocycles. The minimum absolute atomic E-state index is 0.0278. The summed E-state index contributed by atoms with van der Waals surface area (Å²) in [6, 6.07) is 5.56. The number of alkyl halides is 3. The topological polar surface area (TPSA) is 32.9 Å². The Morgan fingerprint density at radius 1 is 1.11 bits per heavy atom. The monoisotopic (exact) mass is 257 g/mol. The van der Waals surface area contributed by atoms with Crippen molar-refractivity contribution >= 4 is 0 Å². The second-order valence-electron chi connectivity index (χ2n) is 3.61. The minimum atomic E-state index is -4.54. The average molecular weight is 257 g/mol. The number of hydrogen-bond acceptors (Lipinski definition) is 1. The first kappa shape index (κ1) is 12.3. The standard InChI is InChI=1S/C12H7F4NO/c13-10-5-7(6-17-11(10)18)8-3-1-2-4-9(8)12(14,15)16/h1-6H,(H,17,18). The van der Waals surface area contributed by atoms with Crippen LogP contribution in [0.2, 0.25) is 0 Å². The highest BCUT2D eigenvalue weighted by Crippen LogP contribution is 2.36. The normalized spacial score (nSPS) is 11.6. The second-order valence-corrected chi connectivity index (χ2v) is 3.61. The summed E-state index contributed by atoms with van der Waals surface area (Å²) < 4.78 is 51.3. The maximum Gasteiger partial charge on any atom is 0.417 e. The Morgan fingerprint density at radius 2 is 1.78 bits per heavy atom. The molecule has 0 saturated carbocycles. The van der Waals surface area contributed by atoms with E-state index in [1.165, 1.54) is 18.2 Å². The molecule has 0 fully saturated rings. The molecule has 0 radical (unpaired) electrons. The number of pyridine rings is 1. The van der Waals surface area contributed by atoms with Gasteiger partial charge in [0.25, 0.3) is 5.56 Å². The molecule has 1 N–H and O–H groups in total. The van der Waals surface area contributed by atoms with E-state index in [1.807, 2.05) is 4.98 Å². The largest absolute Gasteiger partial charge is 0.417 e. The third kappa shape index (κ3) is 2.27. The van der Waals surface area contributed by atoms with Crippen molar-refractivity contribution < 1.29 is 17.6 Å². The summed E-state index contributed by atoms with van der Waals surface area (Å²) in [7, 11) is 0. The van der Waals surface area contributed by atoms with Gasteiger partial charge < -0.3 is 4.98 Å². The Kier molecular flexibility index (Phi) is 2.94. The van der Waals surface area contributed by atoms with Crippen molar-refractivity contribution in [2.45, 2.75) is 6.18 Å². The van der Waals surface area contributed by atoms with Crippen molar-refractivity contribution in [2.24, 2.45) is 0 Å². The molecule has 2 nitrogen and oxygen atoms in total. The first-order chi connectivity index (χ1) is 8.39. The van der Waals surface area contributed by atoms with Crippen LogP contribution in [0.4, 0.5) is 17.6 Å². The molecule has 0 aliphatic rings. The first-order valence-corrected chi connectivity index (χ1v) is 4.94. The van der Waals surface area contributed by atoms with Crippen LogP contribution in [0.1, 0.15) is 5.56 Å². The van der Waals surface area contributed by atoms with E-state index in [4.69, 9.17) is 0 Å². The van der Waals surface area contributed by atoms with Crippen LogP contribution in [0, 0.1) is 5.82 Å². The minimum Gasteiger partial charge on any atom is -0.326 e. The molecule has 0 saturated heterocycles. The van der Waals surface area contributed by atoms with Crippen LogP contribution < -0.4 is 5.56 Å². The molecule has 2 rings (SSSR count). The zero-order valence-electron chi connectivity index (χ0n) is 8.88. The molecule has 2 aromatic rings. The van der Waals surface area contributed by atoms with Gasteiger partial charge in [-0.3, -0.25) is 4.79 Å². The van der Waals surface area contributed by atoms with Crippen LogP contribution in [0.15, 0.2) is 41.3 Å². The van der Waals surface area contributed by atoms with E-state index in [2.05, 4.69) is 0 Å². The molecule has 0 aliphatic carbocycles. The lowest BCUT2D eigenvalue weighted by Gasteiger charge is -2.12. The number of aromatic nitrogens is 1. The molecule has 0 atom stereocenters. The van der Waals surface area contributed by atoms with Crippen LogP contribution in [0.3, 0.4) is 0 Å². The zero-order chi connectivity index (χ0) is 13.3. The summed E-state index contributed by atoms with van der Waals surface area (Å²) in [5.41, 5.74) is -2.06. The summed E-state index contributed by atoms with van der Waals surface area (Å²) >= 11 is 0. The molecule has 1 heterocycles. The van der Waals surface area contributed by atoms with E-state index in [-0.39, 0.29) is 11.1 Å². The summed E-state index contributed by atoms with van der Waals surface area (Å²) in [6.45, 7) is 0.